The molecule has 3 rings (SSSR count). The highest BCUT2D eigenvalue weighted by Crippen LogP contribution is 2.30. The molecule has 0 aliphatic carbocycles. The van der Waals surface area contributed by atoms with Gasteiger partial charge in [0.1, 0.15) is 11.5 Å². The monoisotopic (exact) mass is 346 g/mol. The number of benzene rings is 2. The van der Waals surface area contributed by atoms with Gasteiger partial charge >= 0.3 is 0 Å². The zero-order valence-electron chi connectivity index (χ0n) is 15.0. The molecule has 3 aromatic rings. The van der Waals surface area contributed by atoms with Crippen molar-refractivity contribution in [1.29, 1.82) is 0 Å². The predicted octanol–water partition coefficient (Wildman–Crippen LogP) is 4.93. The van der Waals surface area contributed by atoms with Crippen LogP contribution in [0, 0.1) is 0 Å². The molecule has 0 spiro atoms. The van der Waals surface area contributed by atoms with Crippen LogP contribution in [0.25, 0.3) is 0 Å². The van der Waals surface area contributed by atoms with Crippen LogP contribution in [0.15, 0.2) is 73.1 Å². The maximum absolute atomic E-state index is 12.1. The first-order chi connectivity index (χ1) is 12.6. The molecule has 0 unspecified atom stereocenters. The first kappa shape index (κ1) is 17.7. The van der Waals surface area contributed by atoms with E-state index >= 15 is 0 Å². The van der Waals surface area contributed by atoms with Crippen LogP contribution in [0.3, 0.4) is 0 Å². The van der Waals surface area contributed by atoms with Gasteiger partial charge in [-0.1, -0.05) is 44.2 Å². The molecule has 26 heavy (non-hydrogen) atoms. The lowest BCUT2D eigenvalue weighted by molar-refractivity contribution is 0.0950. The molecule has 0 radical (unpaired) electrons. The Bertz CT molecular complexity index is 876. The Labute approximate surface area is 153 Å². The van der Waals surface area contributed by atoms with Crippen molar-refractivity contribution >= 4 is 5.91 Å². The average Bonchev–Trinajstić information content (AvgIpc) is 2.67. The molecule has 1 amide bonds. The van der Waals surface area contributed by atoms with Gasteiger partial charge in [0, 0.05) is 18.9 Å². The summed E-state index contributed by atoms with van der Waals surface area (Å²) < 4.78 is 6.08. The van der Waals surface area contributed by atoms with Crippen LogP contribution in [0.1, 0.15) is 41.3 Å². The Kier molecular flexibility index (Phi) is 5.64. The van der Waals surface area contributed by atoms with E-state index in [1.165, 1.54) is 5.56 Å². The number of aromatic nitrogens is 1. The van der Waals surface area contributed by atoms with Crippen molar-refractivity contribution in [2.24, 2.45) is 0 Å². The largest absolute Gasteiger partial charge is 0.457 e. The third-order valence-corrected chi connectivity index (χ3v) is 4.04. The molecular weight excluding hydrogens is 324 g/mol. The second-order valence-corrected chi connectivity index (χ2v) is 6.37. The second kappa shape index (κ2) is 8.30. The van der Waals surface area contributed by atoms with Crippen LogP contribution in [-0.2, 0) is 6.54 Å². The van der Waals surface area contributed by atoms with Gasteiger partial charge in [0.25, 0.3) is 5.91 Å². The van der Waals surface area contributed by atoms with E-state index in [0.29, 0.717) is 18.0 Å². The molecule has 1 aromatic heterocycles. The Morgan fingerprint density at radius 3 is 2.69 bits per heavy atom. The number of carbonyl (C=O) groups excluding carboxylic acids is 1. The third-order valence-electron chi connectivity index (χ3n) is 4.04. The van der Waals surface area contributed by atoms with E-state index in [0.717, 1.165) is 17.1 Å². The molecule has 1 heterocycles. The summed E-state index contributed by atoms with van der Waals surface area (Å²) in [5.74, 6) is 1.85. The number of nitrogens with one attached hydrogen (secondary N) is 1. The van der Waals surface area contributed by atoms with Gasteiger partial charge in [-0.25, -0.2) is 0 Å². The maximum atomic E-state index is 12.1. The second-order valence-electron chi connectivity index (χ2n) is 6.37. The molecule has 0 fully saturated rings. The molecule has 132 valence electrons. The van der Waals surface area contributed by atoms with Gasteiger partial charge in [0.05, 0.1) is 5.56 Å². The van der Waals surface area contributed by atoms with E-state index in [1.54, 1.807) is 24.5 Å². The van der Waals surface area contributed by atoms with Gasteiger partial charge in [-0.2, -0.15) is 0 Å². The number of para-hydroxylation sites is 1. The van der Waals surface area contributed by atoms with E-state index in [2.05, 4.69) is 30.2 Å². The SMILES string of the molecule is CC(C)c1ccccc1Oc1cccc(CNC(=O)c2cccnc2)c1. The minimum atomic E-state index is -0.144. The van der Waals surface area contributed by atoms with Crippen LogP contribution < -0.4 is 10.1 Å². The number of carbonyl (C=O) groups is 1. The first-order valence-corrected chi connectivity index (χ1v) is 8.67. The van der Waals surface area contributed by atoms with Crippen molar-refractivity contribution in [1.82, 2.24) is 10.3 Å². The van der Waals surface area contributed by atoms with E-state index in [4.69, 9.17) is 4.74 Å². The summed E-state index contributed by atoms with van der Waals surface area (Å²) in [5, 5.41) is 2.90. The predicted molar refractivity (Wildman–Crippen MR) is 102 cm³/mol. The van der Waals surface area contributed by atoms with Crippen molar-refractivity contribution in [2.45, 2.75) is 26.3 Å². The molecule has 0 atom stereocenters. The maximum Gasteiger partial charge on any atom is 0.253 e. The van der Waals surface area contributed by atoms with Crippen molar-refractivity contribution < 1.29 is 9.53 Å². The molecule has 0 aliphatic heterocycles. The number of ether oxygens (including phenoxy) is 1. The Morgan fingerprint density at radius 1 is 1.08 bits per heavy atom. The smallest absolute Gasteiger partial charge is 0.253 e. The molecule has 4 heteroatoms. The quantitative estimate of drug-likeness (QED) is 0.689. The first-order valence-electron chi connectivity index (χ1n) is 8.67. The molecule has 4 nitrogen and oxygen atoms in total. The van der Waals surface area contributed by atoms with Crippen LogP contribution >= 0.6 is 0 Å². The number of rotatable bonds is 6. The summed E-state index contributed by atoms with van der Waals surface area (Å²) in [7, 11) is 0. The van der Waals surface area contributed by atoms with Crippen LogP contribution in [0.5, 0.6) is 11.5 Å². The number of hydrogen-bond donors (Lipinski definition) is 1. The molecular formula is C22H22N2O2. The lowest BCUT2D eigenvalue weighted by Crippen LogP contribution is -2.22. The summed E-state index contributed by atoms with van der Waals surface area (Å²) in [5.41, 5.74) is 2.69. The number of hydrogen-bond acceptors (Lipinski definition) is 3. The van der Waals surface area contributed by atoms with Crippen LogP contribution in [-0.4, -0.2) is 10.9 Å². The molecule has 0 bridgehead atoms. The highest BCUT2D eigenvalue weighted by atomic mass is 16.5. The fraction of sp³-hybridized carbons (Fsp3) is 0.182. The summed E-state index contributed by atoms with van der Waals surface area (Å²) in [4.78, 5) is 16.1. The summed E-state index contributed by atoms with van der Waals surface area (Å²) in [6.45, 7) is 4.72. The fourth-order valence-electron chi connectivity index (χ4n) is 2.68. The number of pyridine rings is 1. The highest BCUT2D eigenvalue weighted by molar-refractivity contribution is 5.93. The van der Waals surface area contributed by atoms with Gasteiger partial charge < -0.3 is 10.1 Å². The Morgan fingerprint density at radius 2 is 1.92 bits per heavy atom. The lowest BCUT2D eigenvalue weighted by atomic mass is 10.0. The minimum Gasteiger partial charge on any atom is -0.457 e. The zero-order chi connectivity index (χ0) is 18.4. The van der Waals surface area contributed by atoms with Gasteiger partial charge in [-0.15, -0.1) is 0 Å². The summed E-state index contributed by atoms with van der Waals surface area (Å²) in [6, 6.07) is 19.3. The van der Waals surface area contributed by atoms with Gasteiger partial charge in [0.2, 0.25) is 0 Å². The minimum absolute atomic E-state index is 0.144. The van der Waals surface area contributed by atoms with E-state index in [1.807, 2.05) is 42.5 Å². The molecule has 0 saturated carbocycles. The molecule has 2 aromatic carbocycles. The number of nitrogens with zero attached hydrogens (tertiary/aromatic N) is 1. The van der Waals surface area contributed by atoms with Gasteiger partial charge in [-0.3, -0.25) is 9.78 Å². The van der Waals surface area contributed by atoms with Gasteiger partial charge in [0.15, 0.2) is 0 Å². The highest BCUT2D eigenvalue weighted by Gasteiger charge is 2.09. The van der Waals surface area contributed by atoms with E-state index in [-0.39, 0.29) is 5.91 Å². The standard InChI is InChI=1S/C22H22N2O2/c1-16(2)20-10-3-4-11-21(20)26-19-9-5-7-17(13-19)14-24-22(25)18-8-6-12-23-15-18/h3-13,15-16H,14H2,1-2H3,(H,24,25). The molecule has 0 aliphatic rings. The topological polar surface area (TPSA) is 51.2 Å². The zero-order valence-corrected chi connectivity index (χ0v) is 15.0. The van der Waals surface area contributed by atoms with Crippen LogP contribution in [0.2, 0.25) is 0 Å². The fourth-order valence-corrected chi connectivity index (χ4v) is 2.68. The van der Waals surface area contributed by atoms with Crippen molar-refractivity contribution in [2.75, 3.05) is 0 Å². The lowest BCUT2D eigenvalue weighted by Gasteiger charge is -2.14. The average molecular weight is 346 g/mol. The van der Waals surface area contributed by atoms with Gasteiger partial charge in [-0.05, 0) is 47.4 Å². The van der Waals surface area contributed by atoms with E-state index in [9.17, 15) is 4.79 Å². The number of amides is 1. The third kappa shape index (κ3) is 4.48. The Balaban J connectivity index is 1.68. The van der Waals surface area contributed by atoms with Crippen molar-refractivity contribution in [3.05, 3.63) is 89.7 Å². The Hall–Kier alpha value is -3.14. The molecule has 0 saturated heterocycles. The normalized spacial score (nSPS) is 10.6. The van der Waals surface area contributed by atoms with E-state index < -0.39 is 0 Å². The van der Waals surface area contributed by atoms with Crippen molar-refractivity contribution in [3.63, 3.8) is 0 Å². The molecule has 1 N–H and O–H groups in total. The summed E-state index contributed by atoms with van der Waals surface area (Å²) >= 11 is 0. The van der Waals surface area contributed by atoms with Crippen LogP contribution in [0.4, 0.5) is 0 Å². The summed E-state index contributed by atoms with van der Waals surface area (Å²) in [6.07, 6.45) is 3.20. The van der Waals surface area contributed by atoms with Crippen molar-refractivity contribution in [3.8, 4) is 11.5 Å².